The highest BCUT2D eigenvalue weighted by Gasteiger charge is 2.36. The third-order valence-corrected chi connectivity index (χ3v) is 6.91. The second-order valence-corrected chi connectivity index (χ2v) is 9.43. The molecular weight excluding hydrogens is 490 g/mol. The van der Waals surface area contributed by atoms with Crippen LogP contribution in [0.4, 0.5) is 10.5 Å². The van der Waals surface area contributed by atoms with E-state index in [0.29, 0.717) is 17.4 Å². The molecule has 0 radical (unpaired) electrons. The van der Waals surface area contributed by atoms with Crippen LogP contribution in [0.25, 0.3) is 0 Å². The number of amides is 3. The number of rotatable bonds is 8. The van der Waals surface area contributed by atoms with E-state index in [4.69, 9.17) is 4.74 Å². The Bertz CT molecular complexity index is 1270. The number of carbonyl (C=O) groups is 3. The van der Waals surface area contributed by atoms with Gasteiger partial charge in [-0.05, 0) is 42.3 Å². The molecule has 1 fully saturated rings. The number of carbonyl (C=O) groups excluding carboxylic acids is 3. The number of nitrogens with one attached hydrogen (secondary N) is 2. The van der Waals surface area contributed by atoms with Crippen molar-refractivity contribution in [3.8, 4) is 0 Å². The van der Waals surface area contributed by atoms with Crippen molar-refractivity contribution < 1.29 is 19.1 Å². The number of anilines is 1. The summed E-state index contributed by atoms with van der Waals surface area (Å²) in [5.41, 5.74) is 3.03. The molecule has 3 aromatic rings. The topological polar surface area (TPSA) is 113 Å². The summed E-state index contributed by atoms with van der Waals surface area (Å²) in [6.45, 7) is 2.08. The molecule has 37 heavy (non-hydrogen) atoms. The fourth-order valence-electron chi connectivity index (χ4n) is 3.50. The van der Waals surface area contributed by atoms with E-state index in [1.807, 2.05) is 48.5 Å². The van der Waals surface area contributed by atoms with Crippen molar-refractivity contribution in [2.45, 2.75) is 31.4 Å². The van der Waals surface area contributed by atoms with Gasteiger partial charge in [0.25, 0.3) is 0 Å². The Morgan fingerprint density at radius 1 is 1.08 bits per heavy atom. The van der Waals surface area contributed by atoms with Crippen LogP contribution in [0.15, 0.2) is 84.0 Å². The highest BCUT2D eigenvalue weighted by Crippen LogP contribution is 2.39. The van der Waals surface area contributed by atoms with Gasteiger partial charge in [-0.1, -0.05) is 60.3 Å². The van der Waals surface area contributed by atoms with Gasteiger partial charge in [0.15, 0.2) is 5.17 Å². The van der Waals surface area contributed by atoms with Crippen LogP contribution in [0.3, 0.4) is 0 Å². The summed E-state index contributed by atoms with van der Waals surface area (Å²) in [7, 11) is 1.71. The quantitative estimate of drug-likeness (QED) is 0.464. The van der Waals surface area contributed by atoms with Crippen LogP contribution in [-0.4, -0.2) is 46.0 Å². The summed E-state index contributed by atoms with van der Waals surface area (Å²) < 4.78 is 5.16. The van der Waals surface area contributed by atoms with Gasteiger partial charge in [0.05, 0.1) is 12.2 Å². The molecule has 1 saturated heterocycles. The van der Waals surface area contributed by atoms with Crippen LogP contribution in [0.1, 0.15) is 29.0 Å². The Kier molecular flexibility index (Phi) is 8.52. The molecule has 1 aromatic heterocycles. The lowest BCUT2D eigenvalue weighted by molar-refractivity contribution is -0.125. The second-order valence-electron chi connectivity index (χ2n) is 8.35. The predicted molar refractivity (Wildman–Crippen MR) is 143 cm³/mol. The number of amidine groups is 1. The Hall–Kier alpha value is -4.18. The smallest absolute Gasteiger partial charge is 0.408 e. The second kappa shape index (κ2) is 12.2. The van der Waals surface area contributed by atoms with Gasteiger partial charge in [0.1, 0.15) is 17.9 Å². The highest BCUT2D eigenvalue weighted by molar-refractivity contribution is 8.15. The minimum absolute atomic E-state index is 0.0617. The molecule has 1 unspecified atom stereocenters. The van der Waals surface area contributed by atoms with E-state index in [-0.39, 0.29) is 18.4 Å². The lowest BCUT2D eigenvalue weighted by Crippen LogP contribution is -2.41. The van der Waals surface area contributed by atoms with E-state index >= 15 is 0 Å². The summed E-state index contributed by atoms with van der Waals surface area (Å²) in [5, 5.41) is 5.50. The number of pyridine rings is 1. The van der Waals surface area contributed by atoms with Gasteiger partial charge in [-0.3, -0.25) is 24.5 Å². The van der Waals surface area contributed by atoms with Crippen molar-refractivity contribution in [3.63, 3.8) is 0 Å². The number of benzene rings is 2. The fraction of sp³-hybridized carbons (Fsp3) is 0.222. The van der Waals surface area contributed by atoms with Gasteiger partial charge in [-0.15, -0.1) is 0 Å². The summed E-state index contributed by atoms with van der Waals surface area (Å²) in [6.07, 6.45) is 1.03. The largest absolute Gasteiger partial charge is 0.445 e. The lowest BCUT2D eigenvalue weighted by Gasteiger charge is -2.15. The zero-order valence-corrected chi connectivity index (χ0v) is 21.3. The fourth-order valence-corrected chi connectivity index (χ4v) is 4.65. The molecule has 2 heterocycles. The zero-order chi connectivity index (χ0) is 26.2. The standard InChI is InChI=1S/C27H27N5O4S/c1-18(30-27(35)36-17-19-8-4-3-5-9-19)24(33)31-21-13-11-20(12-14-21)23-25(34)32(2)26(37-23)29-16-22-10-6-7-15-28-22/h3-15,18,23H,16-17H2,1-2H3,(H,30,35)(H,31,33)/b29-26-/t18-,23?/m0/s1. The van der Waals surface area contributed by atoms with Gasteiger partial charge >= 0.3 is 6.09 Å². The van der Waals surface area contributed by atoms with Crippen LogP contribution in [0.5, 0.6) is 0 Å². The maximum Gasteiger partial charge on any atom is 0.408 e. The molecule has 0 bridgehead atoms. The van der Waals surface area contributed by atoms with E-state index in [1.165, 1.54) is 11.8 Å². The molecule has 2 aromatic carbocycles. The molecule has 190 valence electrons. The van der Waals surface area contributed by atoms with Crippen LogP contribution in [0, 0.1) is 0 Å². The Balaban J connectivity index is 1.29. The number of thioether (sulfide) groups is 1. The molecule has 3 amide bonds. The first-order valence-corrected chi connectivity index (χ1v) is 12.6. The molecule has 9 nitrogen and oxygen atoms in total. The van der Waals surface area contributed by atoms with E-state index in [1.54, 1.807) is 49.3 Å². The van der Waals surface area contributed by atoms with Crippen molar-refractivity contribution in [1.82, 2.24) is 15.2 Å². The highest BCUT2D eigenvalue weighted by atomic mass is 32.2. The first-order chi connectivity index (χ1) is 17.9. The summed E-state index contributed by atoms with van der Waals surface area (Å²) in [4.78, 5) is 47.7. The van der Waals surface area contributed by atoms with Crippen molar-refractivity contribution in [1.29, 1.82) is 0 Å². The normalized spacial score (nSPS) is 16.9. The maximum absolute atomic E-state index is 12.8. The summed E-state index contributed by atoms with van der Waals surface area (Å²) in [5.74, 6) is -0.451. The van der Waals surface area contributed by atoms with Crippen LogP contribution >= 0.6 is 11.8 Å². The molecule has 1 aliphatic heterocycles. The molecule has 0 spiro atoms. The first-order valence-electron chi connectivity index (χ1n) is 11.7. The number of hydrogen-bond donors (Lipinski definition) is 2. The van der Waals surface area contributed by atoms with Gasteiger partial charge in [-0.2, -0.15) is 0 Å². The SMILES string of the molecule is C[C@H](NC(=O)OCc1ccccc1)C(=O)Nc1ccc(C2S/C(=N\Cc3ccccn3)N(C)C2=O)cc1. The number of aliphatic imine (C=N–C) groups is 1. The molecule has 2 N–H and O–H groups in total. The van der Waals surface area contributed by atoms with E-state index in [0.717, 1.165) is 16.8 Å². The van der Waals surface area contributed by atoms with E-state index < -0.39 is 17.4 Å². The first kappa shape index (κ1) is 25.9. The monoisotopic (exact) mass is 517 g/mol. The molecular formula is C27H27N5O4S. The predicted octanol–water partition coefficient (Wildman–Crippen LogP) is 4.14. The van der Waals surface area contributed by atoms with Crippen LogP contribution in [0.2, 0.25) is 0 Å². The van der Waals surface area contributed by atoms with Crippen molar-refractivity contribution in [2.24, 2.45) is 4.99 Å². The zero-order valence-electron chi connectivity index (χ0n) is 20.5. The third kappa shape index (κ3) is 6.95. The van der Waals surface area contributed by atoms with Crippen molar-refractivity contribution >= 4 is 40.5 Å². The summed E-state index contributed by atoms with van der Waals surface area (Å²) >= 11 is 1.38. The number of hydrogen-bond acceptors (Lipinski definition) is 7. The van der Waals surface area contributed by atoms with Gasteiger partial charge < -0.3 is 15.4 Å². The average Bonchev–Trinajstić information content (AvgIpc) is 3.21. The van der Waals surface area contributed by atoms with Gasteiger partial charge in [0, 0.05) is 18.9 Å². The van der Waals surface area contributed by atoms with E-state index in [2.05, 4.69) is 20.6 Å². The number of nitrogens with zero attached hydrogens (tertiary/aromatic N) is 3. The maximum atomic E-state index is 12.8. The molecule has 1 aliphatic rings. The van der Waals surface area contributed by atoms with Crippen molar-refractivity contribution in [2.75, 3.05) is 12.4 Å². The lowest BCUT2D eigenvalue weighted by atomic mass is 10.1. The minimum atomic E-state index is -0.804. The molecule has 2 atom stereocenters. The van der Waals surface area contributed by atoms with Crippen LogP contribution < -0.4 is 10.6 Å². The van der Waals surface area contributed by atoms with Gasteiger partial charge in [-0.25, -0.2) is 4.79 Å². The van der Waals surface area contributed by atoms with Crippen LogP contribution in [-0.2, 0) is 27.5 Å². The Labute approximate surface area is 219 Å². The van der Waals surface area contributed by atoms with Crippen molar-refractivity contribution in [3.05, 3.63) is 95.8 Å². The minimum Gasteiger partial charge on any atom is -0.445 e. The average molecular weight is 518 g/mol. The van der Waals surface area contributed by atoms with E-state index in [9.17, 15) is 14.4 Å². The Morgan fingerprint density at radius 3 is 2.51 bits per heavy atom. The molecule has 4 rings (SSSR count). The molecule has 0 saturated carbocycles. The third-order valence-electron chi connectivity index (χ3n) is 5.59. The molecule has 0 aliphatic carbocycles. The number of alkyl carbamates (subject to hydrolysis) is 1. The molecule has 10 heteroatoms. The summed E-state index contributed by atoms with van der Waals surface area (Å²) in [6, 6.07) is 21.2. The number of likely N-dealkylation sites (N-methyl/N-ethyl adjacent to an activating group) is 1. The number of ether oxygens (including phenoxy) is 1. The Morgan fingerprint density at radius 2 is 1.81 bits per heavy atom. The number of aromatic nitrogens is 1. The van der Waals surface area contributed by atoms with Gasteiger partial charge in [0.2, 0.25) is 11.8 Å².